The van der Waals surface area contributed by atoms with Gasteiger partial charge in [-0.05, 0) is 56.1 Å². The predicted octanol–water partition coefficient (Wildman–Crippen LogP) is 5.37. The fourth-order valence-corrected chi connectivity index (χ4v) is 4.13. The first-order valence-corrected chi connectivity index (χ1v) is 8.82. The molecule has 3 nitrogen and oxygen atoms in total. The predicted molar refractivity (Wildman–Crippen MR) is 92.4 cm³/mol. The van der Waals surface area contributed by atoms with Crippen molar-refractivity contribution < 1.29 is 4.74 Å². The summed E-state index contributed by atoms with van der Waals surface area (Å²) in [4.78, 5) is 3.33. The molecule has 0 bridgehead atoms. The zero-order valence-corrected chi connectivity index (χ0v) is 14.9. The van der Waals surface area contributed by atoms with E-state index < -0.39 is 0 Å². The number of fused-ring (bicyclic) bond motifs is 1. The van der Waals surface area contributed by atoms with Crippen molar-refractivity contribution in [3.63, 3.8) is 0 Å². The maximum atomic E-state index is 6.10. The topological polar surface area (TPSA) is 29.9 Å². The van der Waals surface area contributed by atoms with Crippen LogP contribution in [0.2, 0.25) is 0 Å². The summed E-state index contributed by atoms with van der Waals surface area (Å²) >= 11 is 9.14. The molecule has 0 saturated carbocycles. The van der Waals surface area contributed by atoms with E-state index in [0.29, 0.717) is 6.04 Å². The van der Waals surface area contributed by atoms with Gasteiger partial charge >= 0.3 is 0 Å². The summed E-state index contributed by atoms with van der Waals surface area (Å²) in [6.45, 7) is 5.25. The third kappa shape index (κ3) is 2.71. The monoisotopic (exact) mass is 368 g/mol. The van der Waals surface area contributed by atoms with Crippen LogP contribution in [0.15, 0.2) is 22.7 Å². The lowest BCUT2D eigenvalue weighted by Crippen LogP contribution is -2.39. The number of nitrogens with one attached hydrogen (secondary N) is 1. The van der Waals surface area contributed by atoms with Crippen molar-refractivity contribution in [2.75, 3.05) is 6.61 Å². The molecule has 2 aromatic rings. The Kier molecular flexibility index (Phi) is 4.26. The molecule has 1 unspecified atom stereocenters. The second kappa shape index (κ2) is 5.86. The molecule has 0 spiro atoms. The van der Waals surface area contributed by atoms with Crippen LogP contribution in [0.25, 0.3) is 11.0 Å². The van der Waals surface area contributed by atoms with Crippen molar-refractivity contribution in [2.45, 2.75) is 51.2 Å². The van der Waals surface area contributed by atoms with Crippen molar-refractivity contribution in [3.05, 3.63) is 27.4 Å². The lowest BCUT2D eigenvalue weighted by atomic mass is 9.86. The minimum atomic E-state index is 0.00724. The molecule has 1 aromatic carbocycles. The van der Waals surface area contributed by atoms with Gasteiger partial charge in [-0.1, -0.05) is 29.8 Å². The van der Waals surface area contributed by atoms with E-state index in [0.717, 1.165) is 47.1 Å². The fraction of sp³-hybridized carbons (Fsp3) is 0.562. The van der Waals surface area contributed by atoms with E-state index >= 15 is 0 Å². The highest BCUT2D eigenvalue weighted by Gasteiger charge is 2.35. The quantitative estimate of drug-likeness (QED) is 0.737. The van der Waals surface area contributed by atoms with Gasteiger partial charge in [0.25, 0.3) is 0 Å². The average molecular weight is 369 g/mol. The second-order valence-corrected chi connectivity index (χ2v) is 7.15. The summed E-state index contributed by atoms with van der Waals surface area (Å²) in [7, 11) is 0. The molecule has 1 saturated heterocycles. The number of hydrogen-bond donors (Lipinski definition) is 1. The fourth-order valence-electron chi connectivity index (χ4n) is 3.42. The van der Waals surface area contributed by atoms with Crippen LogP contribution in [0.4, 0.5) is 0 Å². The van der Waals surface area contributed by atoms with Crippen LogP contribution in [0.3, 0.4) is 0 Å². The summed E-state index contributed by atoms with van der Waals surface area (Å²) in [5.41, 5.74) is 2.29. The Morgan fingerprint density at radius 3 is 2.90 bits per heavy atom. The number of halogens is 1. The SMILES string of the molecule is CCC1(CC)CC(n2c(=S)[nH]c3ccc(Br)cc32)CCO1. The highest BCUT2D eigenvalue weighted by molar-refractivity contribution is 9.10. The number of nitrogens with zero attached hydrogens (tertiary/aromatic N) is 1. The molecule has 1 N–H and O–H groups in total. The van der Waals surface area contributed by atoms with E-state index in [1.807, 2.05) is 6.07 Å². The van der Waals surface area contributed by atoms with E-state index in [4.69, 9.17) is 17.0 Å². The van der Waals surface area contributed by atoms with Gasteiger partial charge in [0.15, 0.2) is 4.77 Å². The standard InChI is InChI=1S/C16H21BrN2OS/c1-3-16(4-2)10-12(7-8-20-16)19-14-9-11(17)5-6-13(14)18-15(19)21/h5-6,9,12H,3-4,7-8,10H2,1-2H3,(H,18,21). The number of benzene rings is 1. The van der Waals surface area contributed by atoms with Gasteiger partial charge in [-0.25, -0.2) is 0 Å². The highest BCUT2D eigenvalue weighted by Crippen LogP contribution is 2.38. The Balaban J connectivity index is 2.05. The molecule has 5 heteroatoms. The summed E-state index contributed by atoms with van der Waals surface area (Å²) in [5, 5.41) is 0. The van der Waals surface area contributed by atoms with E-state index in [2.05, 4.69) is 51.5 Å². The molecular weight excluding hydrogens is 348 g/mol. The normalized spacial score (nSPS) is 21.8. The van der Waals surface area contributed by atoms with Crippen LogP contribution in [-0.2, 0) is 4.74 Å². The Hall–Kier alpha value is -0.650. The Morgan fingerprint density at radius 2 is 2.19 bits per heavy atom. The van der Waals surface area contributed by atoms with E-state index in [-0.39, 0.29) is 5.60 Å². The summed E-state index contributed by atoms with van der Waals surface area (Å²) < 4.78 is 10.3. The number of ether oxygens (including phenoxy) is 1. The molecule has 1 atom stereocenters. The van der Waals surface area contributed by atoms with Crippen LogP contribution in [0, 0.1) is 4.77 Å². The largest absolute Gasteiger partial charge is 0.375 e. The van der Waals surface area contributed by atoms with Crippen LogP contribution in [-0.4, -0.2) is 21.8 Å². The van der Waals surface area contributed by atoms with Crippen molar-refractivity contribution in [2.24, 2.45) is 0 Å². The minimum absolute atomic E-state index is 0.00724. The molecule has 0 aliphatic carbocycles. The van der Waals surface area contributed by atoms with Gasteiger partial charge in [0.1, 0.15) is 0 Å². The summed E-state index contributed by atoms with van der Waals surface area (Å²) in [5.74, 6) is 0. The molecule has 1 fully saturated rings. The molecular formula is C16H21BrN2OS. The molecule has 1 aliphatic rings. The average Bonchev–Trinajstić information content (AvgIpc) is 2.82. The molecule has 1 aliphatic heterocycles. The summed E-state index contributed by atoms with van der Waals surface area (Å²) in [6.07, 6.45) is 4.17. The molecule has 21 heavy (non-hydrogen) atoms. The van der Waals surface area contributed by atoms with Gasteiger partial charge in [0.05, 0.1) is 16.6 Å². The zero-order valence-electron chi connectivity index (χ0n) is 12.5. The van der Waals surface area contributed by atoms with Gasteiger partial charge in [-0.15, -0.1) is 0 Å². The van der Waals surface area contributed by atoms with Crippen LogP contribution in [0.1, 0.15) is 45.6 Å². The Morgan fingerprint density at radius 1 is 1.43 bits per heavy atom. The Labute approximate surface area is 138 Å². The second-order valence-electron chi connectivity index (χ2n) is 5.85. The molecule has 0 radical (unpaired) electrons. The molecule has 114 valence electrons. The van der Waals surface area contributed by atoms with Crippen molar-refractivity contribution in [1.82, 2.24) is 9.55 Å². The lowest BCUT2D eigenvalue weighted by Gasteiger charge is -2.40. The maximum Gasteiger partial charge on any atom is 0.178 e. The Bertz CT molecular complexity index is 702. The van der Waals surface area contributed by atoms with Gasteiger partial charge in [0.2, 0.25) is 0 Å². The van der Waals surface area contributed by atoms with E-state index in [1.165, 1.54) is 5.52 Å². The number of rotatable bonds is 3. The van der Waals surface area contributed by atoms with Gasteiger partial charge in [0, 0.05) is 17.1 Å². The number of H-pyrrole nitrogens is 1. The third-order valence-corrected chi connectivity index (χ3v) is 5.59. The van der Waals surface area contributed by atoms with Crippen molar-refractivity contribution >= 4 is 39.2 Å². The van der Waals surface area contributed by atoms with Crippen LogP contribution >= 0.6 is 28.1 Å². The van der Waals surface area contributed by atoms with E-state index in [9.17, 15) is 0 Å². The number of hydrogen-bond acceptors (Lipinski definition) is 2. The molecule has 1 aromatic heterocycles. The minimum Gasteiger partial charge on any atom is -0.375 e. The highest BCUT2D eigenvalue weighted by atomic mass is 79.9. The first-order chi connectivity index (χ1) is 10.1. The van der Waals surface area contributed by atoms with E-state index in [1.54, 1.807) is 0 Å². The van der Waals surface area contributed by atoms with Crippen molar-refractivity contribution in [3.8, 4) is 0 Å². The molecule has 2 heterocycles. The van der Waals surface area contributed by atoms with Crippen LogP contribution in [0.5, 0.6) is 0 Å². The van der Waals surface area contributed by atoms with Crippen LogP contribution < -0.4 is 0 Å². The van der Waals surface area contributed by atoms with Gasteiger partial charge < -0.3 is 14.3 Å². The first-order valence-electron chi connectivity index (χ1n) is 7.62. The number of aromatic amines is 1. The maximum absolute atomic E-state index is 6.10. The molecule has 3 rings (SSSR count). The number of aromatic nitrogens is 2. The smallest absolute Gasteiger partial charge is 0.178 e. The number of imidazole rings is 1. The summed E-state index contributed by atoms with van der Waals surface area (Å²) in [6, 6.07) is 6.69. The van der Waals surface area contributed by atoms with Gasteiger partial charge in [-0.3, -0.25) is 0 Å². The lowest BCUT2D eigenvalue weighted by molar-refractivity contribution is -0.0983. The van der Waals surface area contributed by atoms with Gasteiger partial charge in [-0.2, -0.15) is 0 Å². The first kappa shape index (κ1) is 15.3. The zero-order chi connectivity index (χ0) is 15.0. The third-order valence-electron chi connectivity index (χ3n) is 4.80. The molecule has 0 amide bonds. The van der Waals surface area contributed by atoms with Crippen molar-refractivity contribution in [1.29, 1.82) is 0 Å².